The molecule has 6 heteroatoms. The summed E-state index contributed by atoms with van der Waals surface area (Å²) in [5.74, 6) is 0.429. The van der Waals surface area contributed by atoms with Gasteiger partial charge in [0.05, 0.1) is 19.6 Å². The Hall–Kier alpha value is -1.16. The van der Waals surface area contributed by atoms with Gasteiger partial charge in [-0.15, -0.1) is 11.6 Å². The number of rotatable bonds is 4. The van der Waals surface area contributed by atoms with Crippen LogP contribution in [0.2, 0.25) is 10.0 Å². The van der Waals surface area contributed by atoms with Crippen LogP contribution >= 0.6 is 34.8 Å². The number of hydrogen-bond donors (Lipinski definition) is 0. The highest BCUT2D eigenvalue weighted by Crippen LogP contribution is 2.42. The van der Waals surface area contributed by atoms with Crippen LogP contribution in [0.15, 0.2) is 30.3 Å². The van der Waals surface area contributed by atoms with Crippen LogP contribution in [0.4, 0.5) is 4.39 Å². The van der Waals surface area contributed by atoms with Crippen LogP contribution in [-0.4, -0.2) is 14.2 Å². The fourth-order valence-corrected chi connectivity index (χ4v) is 3.02. The summed E-state index contributed by atoms with van der Waals surface area (Å²) in [7, 11) is 2.99. The van der Waals surface area contributed by atoms with E-state index in [1.165, 1.54) is 26.4 Å². The minimum atomic E-state index is -0.842. The molecule has 0 aliphatic carbocycles. The van der Waals surface area contributed by atoms with E-state index in [2.05, 4.69) is 0 Å². The Morgan fingerprint density at radius 3 is 2.19 bits per heavy atom. The molecule has 0 fully saturated rings. The minimum absolute atomic E-state index is 0.176. The Bertz CT molecular complexity index is 641. The van der Waals surface area contributed by atoms with E-state index in [-0.39, 0.29) is 10.6 Å². The van der Waals surface area contributed by atoms with Gasteiger partial charge in [-0.2, -0.15) is 0 Å². The van der Waals surface area contributed by atoms with Crippen LogP contribution < -0.4 is 9.47 Å². The highest BCUT2D eigenvalue weighted by molar-refractivity contribution is 6.35. The molecular formula is C15H12Cl3FO2. The molecule has 0 aliphatic rings. The average molecular weight is 350 g/mol. The Balaban J connectivity index is 2.56. The smallest absolute Gasteiger partial charge is 0.162 e. The fraction of sp³-hybridized carbons (Fsp3) is 0.200. The SMILES string of the molecule is COc1cc(Cl)c(C(Cl)c2c(F)cccc2Cl)cc1OC. The predicted octanol–water partition coefficient (Wildman–Crippen LogP) is 5.48. The van der Waals surface area contributed by atoms with E-state index < -0.39 is 11.2 Å². The summed E-state index contributed by atoms with van der Waals surface area (Å²) >= 11 is 18.6. The molecule has 0 saturated carbocycles. The average Bonchev–Trinajstić information content (AvgIpc) is 2.46. The largest absolute Gasteiger partial charge is 0.493 e. The van der Waals surface area contributed by atoms with Crippen molar-refractivity contribution in [2.24, 2.45) is 0 Å². The van der Waals surface area contributed by atoms with Gasteiger partial charge >= 0.3 is 0 Å². The summed E-state index contributed by atoms with van der Waals surface area (Å²) in [6.45, 7) is 0. The van der Waals surface area contributed by atoms with Gasteiger partial charge in [0, 0.05) is 21.7 Å². The predicted molar refractivity (Wildman–Crippen MR) is 83.7 cm³/mol. The first-order chi connectivity index (χ1) is 9.99. The number of methoxy groups -OCH3 is 2. The third-order valence-electron chi connectivity index (χ3n) is 3.03. The van der Waals surface area contributed by atoms with E-state index in [0.29, 0.717) is 22.1 Å². The van der Waals surface area contributed by atoms with Crippen molar-refractivity contribution in [2.45, 2.75) is 5.38 Å². The van der Waals surface area contributed by atoms with Gasteiger partial charge in [-0.05, 0) is 23.8 Å². The van der Waals surface area contributed by atoms with Gasteiger partial charge in [0.1, 0.15) is 5.82 Å². The Kier molecular flexibility index (Phi) is 5.20. The first kappa shape index (κ1) is 16.2. The van der Waals surface area contributed by atoms with Crippen LogP contribution in [0.3, 0.4) is 0 Å². The second-order valence-corrected chi connectivity index (χ2v) is 5.48. The van der Waals surface area contributed by atoms with E-state index >= 15 is 0 Å². The maximum absolute atomic E-state index is 14.0. The zero-order chi connectivity index (χ0) is 15.6. The zero-order valence-corrected chi connectivity index (χ0v) is 13.6. The summed E-state index contributed by atoms with van der Waals surface area (Å²) in [6.07, 6.45) is 0. The first-order valence-electron chi connectivity index (χ1n) is 5.99. The van der Waals surface area contributed by atoms with Crippen LogP contribution in [0.1, 0.15) is 16.5 Å². The van der Waals surface area contributed by atoms with Gasteiger partial charge in [0.2, 0.25) is 0 Å². The van der Waals surface area contributed by atoms with E-state index in [9.17, 15) is 4.39 Å². The molecule has 0 bridgehead atoms. The molecule has 2 aromatic carbocycles. The number of alkyl halides is 1. The molecule has 2 aromatic rings. The molecule has 0 amide bonds. The Labute approximate surface area is 137 Å². The van der Waals surface area contributed by atoms with Gasteiger partial charge in [-0.3, -0.25) is 0 Å². The molecular weight excluding hydrogens is 338 g/mol. The number of benzene rings is 2. The number of halogens is 4. The van der Waals surface area contributed by atoms with Gasteiger partial charge in [0.15, 0.2) is 11.5 Å². The maximum atomic E-state index is 14.0. The minimum Gasteiger partial charge on any atom is -0.493 e. The molecule has 0 heterocycles. The van der Waals surface area contributed by atoms with Crippen molar-refractivity contribution in [1.29, 1.82) is 0 Å². The van der Waals surface area contributed by atoms with E-state index in [4.69, 9.17) is 44.3 Å². The standard InChI is InChI=1S/C15H12Cl3FO2/c1-20-12-6-8(10(17)7-13(12)21-2)15(18)14-9(16)4-3-5-11(14)19/h3-7,15H,1-2H3. The summed E-state index contributed by atoms with van der Waals surface area (Å²) in [6, 6.07) is 7.57. The second kappa shape index (κ2) is 6.73. The molecule has 2 nitrogen and oxygen atoms in total. The Morgan fingerprint density at radius 1 is 1.00 bits per heavy atom. The molecule has 0 spiro atoms. The molecule has 112 valence electrons. The van der Waals surface area contributed by atoms with Crippen molar-refractivity contribution >= 4 is 34.8 Å². The van der Waals surface area contributed by atoms with Crippen molar-refractivity contribution in [3.63, 3.8) is 0 Å². The lowest BCUT2D eigenvalue weighted by Crippen LogP contribution is -2.01. The highest BCUT2D eigenvalue weighted by Gasteiger charge is 2.23. The van der Waals surface area contributed by atoms with Crippen molar-refractivity contribution in [2.75, 3.05) is 14.2 Å². The molecule has 21 heavy (non-hydrogen) atoms. The quantitative estimate of drug-likeness (QED) is 0.681. The van der Waals surface area contributed by atoms with Crippen molar-refractivity contribution < 1.29 is 13.9 Å². The number of hydrogen-bond acceptors (Lipinski definition) is 2. The molecule has 0 aromatic heterocycles. The molecule has 0 saturated heterocycles. The molecule has 0 aliphatic heterocycles. The zero-order valence-electron chi connectivity index (χ0n) is 11.3. The van der Waals surface area contributed by atoms with Gasteiger partial charge in [0.25, 0.3) is 0 Å². The van der Waals surface area contributed by atoms with Crippen LogP contribution in [0.5, 0.6) is 11.5 Å². The lowest BCUT2D eigenvalue weighted by atomic mass is 10.0. The topological polar surface area (TPSA) is 18.5 Å². The third kappa shape index (κ3) is 3.20. The molecule has 0 N–H and O–H groups in total. The lowest BCUT2D eigenvalue weighted by Gasteiger charge is -2.17. The summed E-state index contributed by atoms with van der Waals surface area (Å²) in [5.41, 5.74) is 0.665. The summed E-state index contributed by atoms with van der Waals surface area (Å²) in [4.78, 5) is 0. The van der Waals surface area contributed by atoms with Crippen molar-refractivity contribution in [3.05, 3.63) is 57.3 Å². The number of ether oxygens (including phenoxy) is 2. The van der Waals surface area contributed by atoms with Gasteiger partial charge in [-0.1, -0.05) is 29.3 Å². The molecule has 1 atom stereocenters. The van der Waals surface area contributed by atoms with Crippen LogP contribution in [0.25, 0.3) is 0 Å². The fourth-order valence-electron chi connectivity index (χ4n) is 1.97. The summed E-state index contributed by atoms with van der Waals surface area (Å²) in [5, 5.41) is -0.265. The van der Waals surface area contributed by atoms with E-state index in [0.717, 1.165) is 0 Å². The lowest BCUT2D eigenvalue weighted by molar-refractivity contribution is 0.354. The molecule has 2 rings (SSSR count). The van der Waals surface area contributed by atoms with Crippen molar-refractivity contribution in [3.8, 4) is 11.5 Å². The van der Waals surface area contributed by atoms with E-state index in [1.807, 2.05) is 0 Å². The summed E-state index contributed by atoms with van der Waals surface area (Å²) < 4.78 is 24.3. The van der Waals surface area contributed by atoms with Crippen molar-refractivity contribution in [1.82, 2.24) is 0 Å². The normalized spacial score (nSPS) is 12.1. The van der Waals surface area contributed by atoms with E-state index in [1.54, 1.807) is 18.2 Å². The second-order valence-electron chi connectivity index (χ2n) is 4.23. The Morgan fingerprint density at radius 2 is 1.62 bits per heavy atom. The molecule has 0 radical (unpaired) electrons. The maximum Gasteiger partial charge on any atom is 0.162 e. The first-order valence-corrected chi connectivity index (χ1v) is 7.18. The van der Waals surface area contributed by atoms with Gasteiger partial charge < -0.3 is 9.47 Å². The monoisotopic (exact) mass is 348 g/mol. The molecule has 1 unspecified atom stereocenters. The third-order valence-corrected chi connectivity index (χ3v) is 4.14. The van der Waals surface area contributed by atoms with Gasteiger partial charge in [-0.25, -0.2) is 4.39 Å². The van der Waals surface area contributed by atoms with Crippen LogP contribution in [-0.2, 0) is 0 Å². The highest BCUT2D eigenvalue weighted by atomic mass is 35.5. The van der Waals surface area contributed by atoms with Crippen LogP contribution in [0, 0.1) is 5.82 Å².